The highest BCUT2D eigenvalue weighted by molar-refractivity contribution is 9.10. The zero-order chi connectivity index (χ0) is 23.4. The van der Waals surface area contributed by atoms with Gasteiger partial charge in [-0.25, -0.2) is 14.8 Å². The number of aromatic nitrogens is 2. The van der Waals surface area contributed by atoms with Crippen LogP contribution in [0.5, 0.6) is 0 Å². The number of halogens is 2. The molecule has 4 rings (SSSR count). The second-order valence-electron chi connectivity index (χ2n) is 8.09. The molecule has 1 N–H and O–H groups in total. The molecular formula is C25H27BrClN5O. The molecule has 3 aromatic rings. The van der Waals surface area contributed by atoms with Gasteiger partial charge in [0, 0.05) is 59.0 Å². The molecule has 2 aromatic carbocycles. The van der Waals surface area contributed by atoms with Crippen LogP contribution in [0, 0.1) is 6.92 Å². The van der Waals surface area contributed by atoms with Gasteiger partial charge in [0.25, 0.3) is 0 Å². The van der Waals surface area contributed by atoms with Gasteiger partial charge < -0.3 is 15.1 Å². The van der Waals surface area contributed by atoms with Crippen molar-refractivity contribution in [1.82, 2.24) is 14.9 Å². The summed E-state index contributed by atoms with van der Waals surface area (Å²) in [5.74, 6) is 1.75. The van der Waals surface area contributed by atoms with Crippen molar-refractivity contribution in [3.05, 3.63) is 80.7 Å². The lowest BCUT2D eigenvalue weighted by Gasteiger charge is -2.36. The quantitative estimate of drug-likeness (QED) is 0.461. The number of carbonyl (C=O) groups excluding carboxylic acids is 1. The number of hydrogen-bond donors (Lipinski definition) is 1. The first kappa shape index (κ1) is 23.5. The van der Waals surface area contributed by atoms with Crippen LogP contribution in [-0.4, -0.2) is 47.1 Å². The maximum atomic E-state index is 12.8. The minimum atomic E-state index is -0.0812. The van der Waals surface area contributed by atoms with E-state index in [1.54, 1.807) is 0 Å². The first-order valence-corrected chi connectivity index (χ1v) is 12.3. The molecule has 8 heteroatoms. The highest BCUT2D eigenvalue weighted by Crippen LogP contribution is 2.27. The van der Waals surface area contributed by atoms with E-state index in [4.69, 9.17) is 21.6 Å². The smallest absolute Gasteiger partial charge is 0.321 e. The van der Waals surface area contributed by atoms with Crippen LogP contribution in [0.2, 0.25) is 5.02 Å². The van der Waals surface area contributed by atoms with Crippen LogP contribution in [-0.2, 0) is 12.8 Å². The monoisotopic (exact) mass is 527 g/mol. The van der Waals surface area contributed by atoms with E-state index < -0.39 is 0 Å². The normalized spacial score (nSPS) is 13.8. The lowest BCUT2D eigenvalue weighted by atomic mass is 10.0. The molecule has 0 bridgehead atoms. The predicted octanol–water partition coefficient (Wildman–Crippen LogP) is 5.71. The Morgan fingerprint density at radius 2 is 1.82 bits per heavy atom. The molecule has 6 nitrogen and oxygen atoms in total. The molecule has 1 fully saturated rings. The van der Waals surface area contributed by atoms with Gasteiger partial charge in [0.15, 0.2) is 0 Å². The molecular weight excluding hydrogens is 502 g/mol. The summed E-state index contributed by atoms with van der Waals surface area (Å²) in [4.78, 5) is 26.4. The van der Waals surface area contributed by atoms with Crippen molar-refractivity contribution in [2.75, 3.05) is 36.4 Å². The number of benzene rings is 2. The Kier molecular flexibility index (Phi) is 7.50. The van der Waals surface area contributed by atoms with Crippen LogP contribution in [0.3, 0.4) is 0 Å². The molecule has 2 heterocycles. The van der Waals surface area contributed by atoms with Crippen LogP contribution in [0.4, 0.5) is 16.3 Å². The highest BCUT2D eigenvalue weighted by Gasteiger charge is 2.25. The van der Waals surface area contributed by atoms with E-state index >= 15 is 0 Å². The summed E-state index contributed by atoms with van der Waals surface area (Å²) in [5, 5.41) is 3.71. The summed E-state index contributed by atoms with van der Waals surface area (Å²) in [5.41, 5.74) is 4.18. The number of hydrogen-bond acceptors (Lipinski definition) is 4. The Morgan fingerprint density at radius 3 is 2.48 bits per heavy atom. The molecule has 0 aliphatic carbocycles. The second-order valence-corrected chi connectivity index (χ2v) is 9.44. The van der Waals surface area contributed by atoms with E-state index in [-0.39, 0.29) is 6.03 Å². The third-order valence-electron chi connectivity index (χ3n) is 5.75. The van der Waals surface area contributed by atoms with Crippen molar-refractivity contribution < 1.29 is 4.79 Å². The van der Waals surface area contributed by atoms with Gasteiger partial charge in [-0.2, -0.15) is 0 Å². The molecule has 0 radical (unpaired) electrons. The van der Waals surface area contributed by atoms with Crippen molar-refractivity contribution in [3.8, 4) is 0 Å². The van der Waals surface area contributed by atoms with Crippen molar-refractivity contribution in [1.29, 1.82) is 0 Å². The molecule has 1 aromatic heterocycles. The van der Waals surface area contributed by atoms with Gasteiger partial charge in [0.05, 0.1) is 0 Å². The Balaban J connectivity index is 1.49. The van der Waals surface area contributed by atoms with Crippen LogP contribution < -0.4 is 10.2 Å². The molecule has 0 unspecified atom stereocenters. The van der Waals surface area contributed by atoms with Crippen molar-refractivity contribution in [2.45, 2.75) is 26.7 Å². The molecule has 0 atom stereocenters. The molecule has 1 aliphatic rings. The molecule has 33 heavy (non-hydrogen) atoms. The van der Waals surface area contributed by atoms with E-state index in [9.17, 15) is 4.79 Å². The highest BCUT2D eigenvalue weighted by atomic mass is 79.9. The van der Waals surface area contributed by atoms with Crippen LogP contribution in [0.15, 0.2) is 53.0 Å². The third kappa shape index (κ3) is 5.84. The zero-order valence-corrected chi connectivity index (χ0v) is 21.2. The number of nitrogens with one attached hydrogen (secondary N) is 1. The number of amides is 2. The average Bonchev–Trinajstić information content (AvgIpc) is 2.81. The minimum Gasteiger partial charge on any atom is -0.353 e. The summed E-state index contributed by atoms with van der Waals surface area (Å²) < 4.78 is 0.934. The van der Waals surface area contributed by atoms with E-state index in [1.807, 2.05) is 48.2 Å². The molecule has 1 aliphatic heterocycles. The maximum absolute atomic E-state index is 12.8. The van der Waals surface area contributed by atoms with Gasteiger partial charge in [-0.15, -0.1) is 0 Å². The maximum Gasteiger partial charge on any atom is 0.321 e. The van der Waals surface area contributed by atoms with Gasteiger partial charge in [0.2, 0.25) is 0 Å². The summed E-state index contributed by atoms with van der Waals surface area (Å²) in [6, 6.07) is 15.5. The van der Waals surface area contributed by atoms with Gasteiger partial charge >= 0.3 is 6.03 Å². The molecule has 1 saturated heterocycles. The third-order valence-corrected chi connectivity index (χ3v) is 6.50. The number of carbonyl (C=O) groups is 1. The van der Waals surface area contributed by atoms with Crippen LogP contribution >= 0.6 is 27.5 Å². The Morgan fingerprint density at radius 1 is 1.09 bits per heavy atom. The molecule has 2 amide bonds. The first-order chi connectivity index (χ1) is 15.9. The van der Waals surface area contributed by atoms with Crippen LogP contribution in [0.25, 0.3) is 0 Å². The topological polar surface area (TPSA) is 61.4 Å². The minimum absolute atomic E-state index is 0.0812. The SMILES string of the molecule is CCc1nc(C)nc(N2CCN(C(=O)Nc3cccc(Br)c3)CC2)c1Cc1ccc(Cl)cc1. The number of aryl methyl sites for hydroxylation is 2. The first-order valence-electron chi connectivity index (χ1n) is 11.1. The van der Waals surface area contributed by atoms with E-state index in [2.05, 4.69) is 45.2 Å². The van der Waals surface area contributed by atoms with Crippen molar-refractivity contribution in [2.24, 2.45) is 0 Å². The Hall–Kier alpha value is -2.64. The lowest BCUT2D eigenvalue weighted by molar-refractivity contribution is 0.208. The van der Waals surface area contributed by atoms with Crippen molar-refractivity contribution >= 4 is 45.1 Å². The molecule has 172 valence electrons. The number of piperazine rings is 1. The van der Waals surface area contributed by atoms with E-state index in [0.717, 1.165) is 64.0 Å². The number of urea groups is 1. The average molecular weight is 529 g/mol. The largest absolute Gasteiger partial charge is 0.353 e. The summed E-state index contributed by atoms with van der Waals surface area (Å²) >= 11 is 9.52. The Bertz CT molecular complexity index is 1130. The summed E-state index contributed by atoms with van der Waals surface area (Å²) in [7, 11) is 0. The fraction of sp³-hybridized carbons (Fsp3) is 0.320. The lowest BCUT2D eigenvalue weighted by Crippen LogP contribution is -2.50. The predicted molar refractivity (Wildman–Crippen MR) is 137 cm³/mol. The van der Waals surface area contributed by atoms with Crippen molar-refractivity contribution in [3.63, 3.8) is 0 Å². The molecule has 0 saturated carbocycles. The van der Waals surface area contributed by atoms with E-state index in [1.165, 1.54) is 5.56 Å². The van der Waals surface area contributed by atoms with Gasteiger partial charge in [-0.05, 0) is 49.2 Å². The van der Waals surface area contributed by atoms with E-state index in [0.29, 0.717) is 13.1 Å². The summed E-state index contributed by atoms with van der Waals surface area (Å²) in [6.07, 6.45) is 1.59. The fourth-order valence-corrected chi connectivity index (χ4v) is 4.59. The van der Waals surface area contributed by atoms with Crippen LogP contribution in [0.1, 0.15) is 29.6 Å². The summed E-state index contributed by atoms with van der Waals surface area (Å²) in [6.45, 7) is 6.77. The van der Waals surface area contributed by atoms with Gasteiger partial charge in [0.1, 0.15) is 11.6 Å². The second kappa shape index (κ2) is 10.5. The number of anilines is 2. The fourth-order valence-electron chi connectivity index (χ4n) is 4.07. The van der Waals surface area contributed by atoms with Gasteiger partial charge in [-0.3, -0.25) is 0 Å². The Labute approximate surface area is 208 Å². The van der Waals surface area contributed by atoms with Gasteiger partial charge in [-0.1, -0.05) is 52.7 Å². The molecule has 0 spiro atoms. The number of rotatable bonds is 5. The number of nitrogens with zero attached hydrogens (tertiary/aromatic N) is 4. The zero-order valence-electron chi connectivity index (χ0n) is 18.8. The standard InChI is InChI=1S/C25H27BrClN5O/c1-3-23-22(15-18-7-9-20(27)10-8-18)24(29-17(2)28-23)31-11-13-32(14-12-31)25(33)30-21-6-4-5-19(26)16-21/h4-10,16H,3,11-15H2,1-2H3,(H,30,33).